The van der Waals surface area contributed by atoms with E-state index in [0.29, 0.717) is 36.8 Å². The van der Waals surface area contributed by atoms with Crippen LogP contribution in [0.5, 0.6) is 11.5 Å². The number of carbonyl (C=O) groups excluding carboxylic acids is 2. The fourth-order valence-electron chi connectivity index (χ4n) is 4.50. The summed E-state index contributed by atoms with van der Waals surface area (Å²) in [4.78, 5) is 27.2. The monoisotopic (exact) mass is 538 g/mol. The first-order valence-electron chi connectivity index (χ1n) is 13.6. The van der Waals surface area contributed by atoms with Crippen LogP contribution in [-0.4, -0.2) is 69.1 Å². The third kappa shape index (κ3) is 8.99. The molecule has 9 nitrogen and oxygen atoms in total. The number of rotatable bonds is 14. The third-order valence-electron chi connectivity index (χ3n) is 6.76. The first-order chi connectivity index (χ1) is 18.8. The molecule has 3 rings (SSSR count). The normalized spacial score (nSPS) is 15.2. The predicted octanol–water partition coefficient (Wildman–Crippen LogP) is 5.54. The van der Waals surface area contributed by atoms with E-state index < -0.39 is 6.09 Å². The summed E-state index contributed by atoms with van der Waals surface area (Å²) >= 11 is 0. The van der Waals surface area contributed by atoms with Crippen molar-refractivity contribution >= 4 is 23.4 Å². The highest BCUT2D eigenvalue weighted by Gasteiger charge is 2.29. The Morgan fingerprint density at radius 1 is 1.03 bits per heavy atom. The maximum absolute atomic E-state index is 12.9. The van der Waals surface area contributed by atoms with Crippen LogP contribution in [0, 0.1) is 5.92 Å². The van der Waals surface area contributed by atoms with Gasteiger partial charge in [0.1, 0.15) is 0 Å². The zero-order valence-electron chi connectivity index (χ0n) is 23.9. The molecule has 1 unspecified atom stereocenters. The molecule has 212 valence electrons. The average molecular weight is 539 g/mol. The Labute approximate surface area is 232 Å². The van der Waals surface area contributed by atoms with Gasteiger partial charge in [-0.2, -0.15) is 5.10 Å². The molecule has 2 aromatic rings. The lowest BCUT2D eigenvalue weighted by Crippen LogP contribution is -2.36. The van der Waals surface area contributed by atoms with Gasteiger partial charge in [-0.25, -0.2) is 9.80 Å². The highest BCUT2D eigenvalue weighted by molar-refractivity contribution is 6.06. The lowest BCUT2D eigenvalue weighted by molar-refractivity contribution is -0.133. The van der Waals surface area contributed by atoms with Gasteiger partial charge in [0.15, 0.2) is 11.5 Å². The Morgan fingerprint density at radius 2 is 1.74 bits per heavy atom. The molecule has 0 saturated carbocycles. The largest absolute Gasteiger partial charge is 0.493 e. The van der Waals surface area contributed by atoms with Crippen LogP contribution in [0.15, 0.2) is 47.6 Å². The van der Waals surface area contributed by atoms with Gasteiger partial charge in [-0.1, -0.05) is 31.9 Å². The number of anilines is 1. The second kappa shape index (κ2) is 15.1. The van der Waals surface area contributed by atoms with Gasteiger partial charge in [0.2, 0.25) is 5.91 Å². The second-order valence-electron chi connectivity index (χ2n) is 9.99. The van der Waals surface area contributed by atoms with Crippen LogP contribution >= 0.6 is 0 Å². The molecule has 0 aromatic heterocycles. The van der Waals surface area contributed by atoms with E-state index in [4.69, 9.17) is 19.3 Å². The smallest absolute Gasteiger partial charge is 0.411 e. The Kier molecular flexibility index (Phi) is 11.6. The van der Waals surface area contributed by atoms with Crippen molar-refractivity contribution in [2.45, 2.75) is 52.0 Å². The maximum Gasteiger partial charge on any atom is 0.411 e. The van der Waals surface area contributed by atoms with E-state index >= 15 is 0 Å². The number of nitrogens with one attached hydrogen (secondary N) is 1. The second-order valence-corrected chi connectivity index (χ2v) is 9.99. The van der Waals surface area contributed by atoms with Crippen molar-refractivity contribution in [1.82, 2.24) is 9.91 Å². The minimum Gasteiger partial charge on any atom is -0.493 e. The quantitative estimate of drug-likeness (QED) is 0.318. The number of hydrazone groups is 1. The predicted molar refractivity (Wildman–Crippen MR) is 153 cm³/mol. The van der Waals surface area contributed by atoms with Gasteiger partial charge in [-0.15, -0.1) is 0 Å². The molecule has 1 N–H and O–H groups in total. The van der Waals surface area contributed by atoms with Crippen LogP contribution in [0.3, 0.4) is 0 Å². The standard InChI is InChI=1S/C30H42N4O5/c1-6-23-20-28(35)34(32-29(23)24-13-16-26(37-4)27(19-24)38-5)21-22-11-14-25(15-12-22)31-30(36)39-18-10-8-7-9-17-33(2)3/h11-16,19,23H,6-10,17-18,20-21H2,1-5H3,(H,31,36). The summed E-state index contributed by atoms with van der Waals surface area (Å²) in [5.74, 6) is 1.28. The van der Waals surface area contributed by atoms with E-state index in [1.165, 1.54) is 5.01 Å². The zero-order valence-corrected chi connectivity index (χ0v) is 23.9. The van der Waals surface area contributed by atoms with Gasteiger partial charge in [-0.05, 0) is 75.8 Å². The van der Waals surface area contributed by atoms with Gasteiger partial charge in [0.05, 0.1) is 33.1 Å². The molecule has 0 radical (unpaired) electrons. The zero-order chi connectivity index (χ0) is 28.2. The molecule has 0 spiro atoms. The van der Waals surface area contributed by atoms with E-state index in [9.17, 15) is 9.59 Å². The van der Waals surface area contributed by atoms with E-state index in [2.05, 4.69) is 31.2 Å². The maximum atomic E-state index is 12.9. The SMILES string of the molecule is CCC1CC(=O)N(Cc2ccc(NC(=O)OCCCCCCN(C)C)cc2)N=C1c1ccc(OC)c(OC)c1. The number of hydrogen-bond acceptors (Lipinski definition) is 7. The Bertz CT molecular complexity index is 1120. The van der Waals surface area contributed by atoms with Crippen molar-refractivity contribution in [3.8, 4) is 11.5 Å². The van der Waals surface area contributed by atoms with Gasteiger partial charge < -0.3 is 19.1 Å². The van der Waals surface area contributed by atoms with Gasteiger partial charge >= 0.3 is 6.09 Å². The molecule has 0 aliphatic carbocycles. The van der Waals surface area contributed by atoms with Crippen LogP contribution in [0.2, 0.25) is 0 Å². The summed E-state index contributed by atoms with van der Waals surface area (Å²) in [5, 5.41) is 9.05. The molecule has 2 amide bonds. The summed E-state index contributed by atoms with van der Waals surface area (Å²) in [6.07, 6.45) is 4.91. The Balaban J connectivity index is 1.57. The van der Waals surface area contributed by atoms with Crippen LogP contribution in [0.25, 0.3) is 0 Å². The molecule has 0 saturated heterocycles. The lowest BCUT2D eigenvalue weighted by atomic mass is 9.89. The highest BCUT2D eigenvalue weighted by Crippen LogP contribution is 2.31. The lowest BCUT2D eigenvalue weighted by Gasteiger charge is -2.29. The minimum atomic E-state index is -0.461. The summed E-state index contributed by atoms with van der Waals surface area (Å²) in [6, 6.07) is 13.1. The number of ether oxygens (including phenoxy) is 3. The summed E-state index contributed by atoms with van der Waals surface area (Å²) in [5.41, 5.74) is 3.31. The van der Waals surface area contributed by atoms with Crippen LogP contribution in [0.4, 0.5) is 10.5 Å². The molecule has 0 fully saturated rings. The van der Waals surface area contributed by atoms with E-state index in [-0.39, 0.29) is 11.8 Å². The van der Waals surface area contributed by atoms with Gasteiger partial charge in [0.25, 0.3) is 0 Å². The van der Waals surface area contributed by atoms with Gasteiger partial charge in [-0.3, -0.25) is 10.1 Å². The summed E-state index contributed by atoms with van der Waals surface area (Å²) in [7, 11) is 7.34. The molecule has 2 aromatic carbocycles. The molecule has 0 bridgehead atoms. The fourth-order valence-corrected chi connectivity index (χ4v) is 4.50. The molecule has 1 heterocycles. The van der Waals surface area contributed by atoms with Crippen molar-refractivity contribution in [3.05, 3.63) is 53.6 Å². The number of hydrogen-bond donors (Lipinski definition) is 1. The number of nitrogens with zero attached hydrogens (tertiary/aromatic N) is 3. The first kappa shape index (κ1) is 30.0. The molecule has 9 heteroatoms. The summed E-state index contributed by atoms with van der Waals surface area (Å²) < 4.78 is 16.1. The number of amides is 2. The first-order valence-corrected chi connectivity index (χ1v) is 13.6. The molecule has 39 heavy (non-hydrogen) atoms. The van der Waals surface area contributed by atoms with Crippen molar-refractivity contribution in [2.24, 2.45) is 11.0 Å². The molecule has 1 aliphatic heterocycles. The number of unbranched alkanes of at least 4 members (excludes halogenated alkanes) is 3. The number of methoxy groups -OCH3 is 2. The van der Waals surface area contributed by atoms with Crippen LogP contribution < -0.4 is 14.8 Å². The Hall–Kier alpha value is -3.59. The molecule has 1 aliphatic rings. The van der Waals surface area contributed by atoms with Crippen LogP contribution in [0.1, 0.15) is 56.6 Å². The van der Waals surface area contributed by atoms with Gasteiger partial charge in [0, 0.05) is 23.6 Å². The minimum absolute atomic E-state index is 0.0152. The van der Waals surface area contributed by atoms with E-state index in [0.717, 1.165) is 55.5 Å². The number of benzene rings is 2. The molecular formula is C30H42N4O5. The molecule has 1 atom stereocenters. The van der Waals surface area contributed by atoms with E-state index in [1.54, 1.807) is 26.4 Å². The van der Waals surface area contributed by atoms with E-state index in [1.807, 2.05) is 30.3 Å². The average Bonchev–Trinajstić information content (AvgIpc) is 2.93. The fraction of sp³-hybridized carbons (Fsp3) is 0.500. The molecular weight excluding hydrogens is 496 g/mol. The highest BCUT2D eigenvalue weighted by atomic mass is 16.5. The van der Waals surface area contributed by atoms with Crippen molar-refractivity contribution in [1.29, 1.82) is 0 Å². The topological polar surface area (TPSA) is 92.7 Å². The summed E-state index contributed by atoms with van der Waals surface area (Å²) in [6.45, 7) is 3.88. The van der Waals surface area contributed by atoms with Crippen molar-refractivity contribution in [2.75, 3.05) is 46.8 Å². The third-order valence-corrected chi connectivity index (χ3v) is 6.76. The van der Waals surface area contributed by atoms with Crippen molar-refractivity contribution in [3.63, 3.8) is 0 Å². The number of carbonyl (C=O) groups is 2. The Morgan fingerprint density at radius 3 is 2.41 bits per heavy atom. The van der Waals surface area contributed by atoms with Crippen LogP contribution in [-0.2, 0) is 16.1 Å². The van der Waals surface area contributed by atoms with Crippen molar-refractivity contribution < 1.29 is 23.8 Å².